The van der Waals surface area contributed by atoms with Gasteiger partial charge < -0.3 is 5.11 Å². The smallest absolute Gasteiger partial charge is 0.194 e. The van der Waals surface area contributed by atoms with Crippen LogP contribution in [0.1, 0.15) is 17.2 Å². The molecule has 0 aromatic heterocycles. The van der Waals surface area contributed by atoms with Gasteiger partial charge >= 0.3 is 0 Å². The minimum atomic E-state index is -1.63. The SMILES string of the molecule is OC(c1cc(F)c(F)c(F)c1)c1cc(Br)ccc1F. The molecular weight excluding hydrogens is 328 g/mol. The Balaban J connectivity index is 2.49. The molecule has 0 aliphatic carbocycles. The average Bonchev–Trinajstić information content (AvgIpc) is 2.37. The van der Waals surface area contributed by atoms with E-state index in [1.165, 1.54) is 12.1 Å². The lowest BCUT2D eigenvalue weighted by Gasteiger charge is -2.13. The van der Waals surface area contributed by atoms with E-state index in [9.17, 15) is 22.7 Å². The highest BCUT2D eigenvalue weighted by atomic mass is 79.9. The van der Waals surface area contributed by atoms with E-state index in [1.807, 2.05) is 0 Å². The fraction of sp³-hybridized carbons (Fsp3) is 0.0769. The molecule has 19 heavy (non-hydrogen) atoms. The minimum Gasteiger partial charge on any atom is -0.384 e. The van der Waals surface area contributed by atoms with E-state index in [-0.39, 0.29) is 11.1 Å². The molecule has 0 amide bonds. The Morgan fingerprint density at radius 3 is 2.05 bits per heavy atom. The highest BCUT2D eigenvalue weighted by Crippen LogP contribution is 2.28. The highest BCUT2D eigenvalue weighted by Gasteiger charge is 2.19. The van der Waals surface area contributed by atoms with Crippen molar-refractivity contribution in [1.29, 1.82) is 0 Å². The molecule has 2 aromatic rings. The maximum atomic E-state index is 13.5. The quantitative estimate of drug-likeness (QED) is 0.648. The predicted molar refractivity (Wildman–Crippen MR) is 64.5 cm³/mol. The summed E-state index contributed by atoms with van der Waals surface area (Å²) in [5, 5.41) is 9.92. The van der Waals surface area contributed by atoms with Crippen molar-refractivity contribution in [3.8, 4) is 0 Å². The summed E-state index contributed by atoms with van der Waals surface area (Å²) in [7, 11) is 0. The fourth-order valence-electron chi connectivity index (χ4n) is 1.64. The van der Waals surface area contributed by atoms with E-state index in [4.69, 9.17) is 0 Å². The molecule has 0 aliphatic rings. The summed E-state index contributed by atoms with van der Waals surface area (Å²) >= 11 is 3.09. The van der Waals surface area contributed by atoms with Crippen LogP contribution in [0, 0.1) is 23.3 Å². The van der Waals surface area contributed by atoms with E-state index >= 15 is 0 Å². The fourth-order valence-corrected chi connectivity index (χ4v) is 2.02. The Hall–Kier alpha value is -1.40. The first-order valence-corrected chi connectivity index (χ1v) is 5.97. The number of hydrogen-bond donors (Lipinski definition) is 1. The van der Waals surface area contributed by atoms with Gasteiger partial charge in [-0.05, 0) is 35.9 Å². The Morgan fingerprint density at radius 2 is 1.47 bits per heavy atom. The second kappa shape index (κ2) is 5.30. The van der Waals surface area contributed by atoms with Gasteiger partial charge in [0, 0.05) is 10.0 Å². The lowest BCUT2D eigenvalue weighted by Crippen LogP contribution is -2.05. The van der Waals surface area contributed by atoms with Gasteiger partial charge in [-0.25, -0.2) is 17.6 Å². The van der Waals surface area contributed by atoms with E-state index in [0.29, 0.717) is 16.6 Å². The molecule has 1 atom stereocenters. The zero-order chi connectivity index (χ0) is 14.2. The molecule has 100 valence electrons. The zero-order valence-electron chi connectivity index (χ0n) is 9.30. The topological polar surface area (TPSA) is 20.2 Å². The van der Waals surface area contributed by atoms with Gasteiger partial charge in [0.25, 0.3) is 0 Å². The first kappa shape index (κ1) is 14.0. The minimum absolute atomic E-state index is 0.167. The van der Waals surface area contributed by atoms with E-state index in [1.54, 1.807) is 0 Å². The first-order chi connectivity index (χ1) is 8.90. The predicted octanol–water partition coefficient (Wildman–Crippen LogP) is 4.09. The molecule has 0 saturated heterocycles. The van der Waals surface area contributed by atoms with E-state index in [2.05, 4.69) is 15.9 Å². The van der Waals surface area contributed by atoms with Crippen molar-refractivity contribution in [3.05, 3.63) is 69.2 Å². The molecule has 0 saturated carbocycles. The number of benzene rings is 2. The van der Waals surface area contributed by atoms with Crippen LogP contribution < -0.4 is 0 Å². The second-order valence-corrected chi connectivity index (χ2v) is 4.78. The second-order valence-electron chi connectivity index (χ2n) is 3.87. The molecule has 0 aliphatic heterocycles. The summed E-state index contributed by atoms with van der Waals surface area (Å²) in [5.41, 5.74) is -0.437. The molecule has 0 radical (unpaired) electrons. The van der Waals surface area contributed by atoms with Crippen molar-refractivity contribution < 1.29 is 22.7 Å². The summed E-state index contributed by atoms with van der Waals surface area (Å²) in [6.45, 7) is 0. The van der Waals surface area contributed by atoms with Crippen molar-refractivity contribution in [2.75, 3.05) is 0 Å². The Labute approximate surface area is 114 Å². The maximum Gasteiger partial charge on any atom is 0.194 e. The highest BCUT2D eigenvalue weighted by molar-refractivity contribution is 9.10. The van der Waals surface area contributed by atoms with Gasteiger partial charge in [0.15, 0.2) is 17.5 Å². The number of rotatable bonds is 2. The van der Waals surface area contributed by atoms with Crippen LogP contribution in [-0.4, -0.2) is 5.11 Å². The van der Waals surface area contributed by atoms with E-state index in [0.717, 1.165) is 6.07 Å². The molecule has 0 heterocycles. The third-order valence-electron chi connectivity index (χ3n) is 2.57. The van der Waals surface area contributed by atoms with E-state index < -0.39 is 29.4 Å². The lowest BCUT2D eigenvalue weighted by atomic mass is 10.0. The Bertz CT molecular complexity index is 607. The largest absolute Gasteiger partial charge is 0.384 e. The molecule has 2 rings (SSSR count). The van der Waals surface area contributed by atoms with Crippen LogP contribution in [0.15, 0.2) is 34.8 Å². The number of hydrogen-bond acceptors (Lipinski definition) is 1. The lowest BCUT2D eigenvalue weighted by molar-refractivity contribution is 0.213. The molecule has 1 N–H and O–H groups in total. The molecule has 0 bridgehead atoms. The Morgan fingerprint density at radius 1 is 0.895 bits per heavy atom. The number of halogens is 5. The van der Waals surface area contributed by atoms with Gasteiger partial charge in [0.2, 0.25) is 0 Å². The van der Waals surface area contributed by atoms with Crippen LogP contribution in [-0.2, 0) is 0 Å². The molecule has 6 heteroatoms. The van der Waals surface area contributed by atoms with Crippen LogP contribution in [0.2, 0.25) is 0 Å². The van der Waals surface area contributed by atoms with Gasteiger partial charge in [0.1, 0.15) is 11.9 Å². The molecule has 0 spiro atoms. The first-order valence-electron chi connectivity index (χ1n) is 5.17. The molecule has 1 unspecified atom stereocenters. The van der Waals surface area contributed by atoms with Crippen LogP contribution in [0.3, 0.4) is 0 Å². The van der Waals surface area contributed by atoms with Crippen LogP contribution in [0.5, 0.6) is 0 Å². The van der Waals surface area contributed by atoms with Gasteiger partial charge in [-0.2, -0.15) is 0 Å². The monoisotopic (exact) mass is 334 g/mol. The van der Waals surface area contributed by atoms with Crippen molar-refractivity contribution in [1.82, 2.24) is 0 Å². The van der Waals surface area contributed by atoms with Crippen LogP contribution in [0.25, 0.3) is 0 Å². The van der Waals surface area contributed by atoms with Gasteiger partial charge in [-0.3, -0.25) is 0 Å². The van der Waals surface area contributed by atoms with Gasteiger partial charge in [0.05, 0.1) is 0 Å². The van der Waals surface area contributed by atoms with Gasteiger partial charge in [-0.1, -0.05) is 15.9 Å². The summed E-state index contributed by atoms with van der Waals surface area (Å²) in [6.07, 6.45) is -1.60. The summed E-state index contributed by atoms with van der Waals surface area (Å²) in [5.74, 6) is -5.25. The molecule has 1 nitrogen and oxygen atoms in total. The van der Waals surface area contributed by atoms with Crippen molar-refractivity contribution in [2.24, 2.45) is 0 Å². The normalized spacial score (nSPS) is 12.5. The average molecular weight is 335 g/mol. The Kier molecular flexibility index (Phi) is 3.91. The summed E-state index contributed by atoms with van der Waals surface area (Å²) in [4.78, 5) is 0. The maximum absolute atomic E-state index is 13.5. The van der Waals surface area contributed by atoms with Crippen molar-refractivity contribution in [2.45, 2.75) is 6.10 Å². The third-order valence-corrected chi connectivity index (χ3v) is 3.07. The standard InChI is InChI=1S/C13H7BrF4O/c14-7-1-2-9(15)8(5-7)13(19)6-3-10(16)12(18)11(17)4-6/h1-5,13,19H. The van der Waals surface area contributed by atoms with Crippen LogP contribution in [0.4, 0.5) is 17.6 Å². The zero-order valence-corrected chi connectivity index (χ0v) is 10.9. The summed E-state index contributed by atoms with van der Waals surface area (Å²) < 4.78 is 53.0. The third kappa shape index (κ3) is 2.79. The van der Waals surface area contributed by atoms with Crippen molar-refractivity contribution in [3.63, 3.8) is 0 Å². The van der Waals surface area contributed by atoms with Crippen LogP contribution >= 0.6 is 15.9 Å². The summed E-state index contributed by atoms with van der Waals surface area (Å²) in [6, 6.07) is 5.04. The molecule has 2 aromatic carbocycles. The number of aliphatic hydroxyl groups is 1. The molecular formula is C13H7BrF4O. The van der Waals surface area contributed by atoms with Crippen molar-refractivity contribution >= 4 is 15.9 Å². The van der Waals surface area contributed by atoms with Gasteiger partial charge in [-0.15, -0.1) is 0 Å². The number of aliphatic hydroxyl groups excluding tert-OH is 1. The molecule has 0 fully saturated rings.